The van der Waals surface area contributed by atoms with Crippen LogP contribution in [0.1, 0.15) is 32.1 Å². The van der Waals surface area contributed by atoms with Crippen LogP contribution in [0.5, 0.6) is 0 Å². The quantitative estimate of drug-likeness (QED) is 0.213. The summed E-state index contributed by atoms with van der Waals surface area (Å²) in [6, 6.07) is 20.4. The van der Waals surface area contributed by atoms with Crippen molar-refractivity contribution in [3.8, 4) is 33.9 Å². The second-order valence-electron chi connectivity index (χ2n) is 10.3. The molecule has 0 bridgehead atoms. The molecule has 0 spiro atoms. The zero-order chi connectivity index (χ0) is 26.2. The van der Waals surface area contributed by atoms with Crippen LogP contribution < -0.4 is 5.32 Å². The van der Waals surface area contributed by atoms with Gasteiger partial charge in [-0.1, -0.05) is 44.0 Å². The SMILES string of the molecule is C=C(Nc1cncc(-c2ccc3[nH]nc(-c4cc5c(-c6ccccn6)cccc5[nH]4)c3n2)c1)C1CCCCC1. The molecule has 7 heteroatoms. The second-order valence-corrected chi connectivity index (χ2v) is 10.3. The summed E-state index contributed by atoms with van der Waals surface area (Å²) in [6.45, 7) is 4.32. The summed E-state index contributed by atoms with van der Waals surface area (Å²) < 4.78 is 0. The minimum Gasteiger partial charge on any atom is -0.358 e. The Morgan fingerprint density at radius 1 is 0.897 bits per heavy atom. The maximum absolute atomic E-state index is 5.03. The number of allylic oxidation sites excluding steroid dienone is 1. The van der Waals surface area contributed by atoms with Crippen LogP contribution in [0.25, 0.3) is 55.8 Å². The standard InChI is InChI=1S/C32H29N7/c1-20(21-8-3-2-4-9-21)35-23-16-22(18-33-19-23)26-13-14-29-31(37-26)32(39-38-29)30-17-25-24(10-7-12-28(25)36-30)27-11-5-6-15-34-27/h5-7,10-19,21,35-36H,1-4,8-9H2,(H,38,39). The van der Waals surface area contributed by atoms with Crippen LogP contribution in [0.2, 0.25) is 0 Å². The Bertz CT molecular complexity index is 1790. The van der Waals surface area contributed by atoms with Crippen molar-refractivity contribution in [1.29, 1.82) is 0 Å². The number of fused-ring (bicyclic) bond motifs is 2. The highest BCUT2D eigenvalue weighted by Gasteiger charge is 2.18. The van der Waals surface area contributed by atoms with Gasteiger partial charge in [0.1, 0.15) is 11.2 Å². The molecule has 0 amide bonds. The first-order chi connectivity index (χ1) is 19.2. The Kier molecular flexibility index (Phi) is 5.89. The van der Waals surface area contributed by atoms with E-state index < -0.39 is 0 Å². The van der Waals surface area contributed by atoms with Gasteiger partial charge in [0, 0.05) is 40.1 Å². The minimum absolute atomic E-state index is 0.528. The van der Waals surface area contributed by atoms with Crippen LogP contribution in [0.15, 0.2) is 91.5 Å². The molecule has 39 heavy (non-hydrogen) atoms. The first-order valence-electron chi connectivity index (χ1n) is 13.5. The molecule has 0 unspecified atom stereocenters. The Hall–Kier alpha value is -4.78. The molecule has 5 heterocycles. The summed E-state index contributed by atoms with van der Waals surface area (Å²) >= 11 is 0. The molecule has 1 saturated carbocycles. The number of benzene rings is 1. The first kappa shape index (κ1) is 23.3. The lowest BCUT2D eigenvalue weighted by Crippen LogP contribution is -2.14. The van der Waals surface area contributed by atoms with Gasteiger partial charge in [0.2, 0.25) is 0 Å². The van der Waals surface area contributed by atoms with Crippen molar-refractivity contribution in [3.05, 3.63) is 91.5 Å². The third kappa shape index (κ3) is 4.46. The van der Waals surface area contributed by atoms with E-state index in [0.717, 1.165) is 67.2 Å². The maximum Gasteiger partial charge on any atom is 0.135 e. The number of nitrogens with zero attached hydrogens (tertiary/aromatic N) is 4. The van der Waals surface area contributed by atoms with Gasteiger partial charge in [0.25, 0.3) is 0 Å². The van der Waals surface area contributed by atoms with Crippen LogP contribution in [0.4, 0.5) is 5.69 Å². The molecular formula is C32H29N7. The van der Waals surface area contributed by atoms with Crippen LogP contribution in [0, 0.1) is 5.92 Å². The Morgan fingerprint density at radius 2 is 1.82 bits per heavy atom. The van der Waals surface area contributed by atoms with E-state index in [1.54, 1.807) is 0 Å². The first-order valence-corrected chi connectivity index (χ1v) is 13.5. The van der Waals surface area contributed by atoms with E-state index in [1.165, 1.54) is 32.1 Å². The van der Waals surface area contributed by atoms with Gasteiger partial charge in [0.15, 0.2) is 0 Å². The summed E-state index contributed by atoms with van der Waals surface area (Å²) in [5, 5.41) is 12.4. The zero-order valence-corrected chi connectivity index (χ0v) is 21.6. The maximum atomic E-state index is 5.03. The van der Waals surface area contributed by atoms with E-state index in [0.29, 0.717) is 5.92 Å². The van der Waals surface area contributed by atoms with Crippen molar-refractivity contribution in [1.82, 2.24) is 30.1 Å². The number of hydrogen-bond donors (Lipinski definition) is 3. The number of aromatic amines is 2. The van der Waals surface area contributed by atoms with Gasteiger partial charge in [-0.2, -0.15) is 5.10 Å². The third-order valence-corrected chi connectivity index (χ3v) is 7.70. The number of aromatic nitrogens is 6. The molecule has 192 valence electrons. The van der Waals surface area contributed by atoms with E-state index >= 15 is 0 Å². The van der Waals surface area contributed by atoms with Crippen LogP contribution in [-0.4, -0.2) is 30.1 Å². The van der Waals surface area contributed by atoms with Gasteiger partial charge in [0.05, 0.1) is 34.5 Å². The molecule has 0 radical (unpaired) electrons. The lowest BCUT2D eigenvalue weighted by molar-refractivity contribution is 0.405. The minimum atomic E-state index is 0.528. The normalized spacial score (nSPS) is 14.2. The molecule has 0 saturated heterocycles. The summed E-state index contributed by atoms with van der Waals surface area (Å²) in [7, 11) is 0. The van der Waals surface area contributed by atoms with Crippen LogP contribution >= 0.6 is 0 Å². The topological polar surface area (TPSA) is 95.2 Å². The van der Waals surface area contributed by atoms with Crippen molar-refractivity contribution in [2.24, 2.45) is 5.92 Å². The van der Waals surface area contributed by atoms with Gasteiger partial charge < -0.3 is 10.3 Å². The highest BCUT2D eigenvalue weighted by Crippen LogP contribution is 2.34. The molecule has 1 aliphatic rings. The zero-order valence-electron chi connectivity index (χ0n) is 21.6. The van der Waals surface area contributed by atoms with Crippen molar-refractivity contribution in [2.75, 3.05) is 5.32 Å². The number of hydrogen-bond acceptors (Lipinski definition) is 5. The van der Waals surface area contributed by atoms with E-state index in [9.17, 15) is 0 Å². The molecular weight excluding hydrogens is 482 g/mol. The fourth-order valence-electron chi connectivity index (χ4n) is 5.66. The van der Waals surface area contributed by atoms with E-state index in [2.05, 4.69) is 61.3 Å². The Balaban J connectivity index is 1.23. The third-order valence-electron chi connectivity index (χ3n) is 7.70. The molecule has 1 aliphatic carbocycles. The largest absolute Gasteiger partial charge is 0.358 e. The van der Waals surface area contributed by atoms with Gasteiger partial charge in [-0.3, -0.25) is 15.1 Å². The molecule has 5 aromatic heterocycles. The number of anilines is 1. The molecule has 7 rings (SSSR count). The van der Waals surface area contributed by atoms with Crippen LogP contribution in [0.3, 0.4) is 0 Å². The average molecular weight is 512 g/mol. The lowest BCUT2D eigenvalue weighted by atomic mass is 9.87. The van der Waals surface area contributed by atoms with E-state index in [-0.39, 0.29) is 0 Å². The number of nitrogens with one attached hydrogen (secondary N) is 3. The molecule has 0 atom stereocenters. The molecule has 3 N–H and O–H groups in total. The monoisotopic (exact) mass is 511 g/mol. The van der Waals surface area contributed by atoms with Gasteiger partial charge in [-0.25, -0.2) is 4.98 Å². The predicted molar refractivity (Wildman–Crippen MR) is 157 cm³/mol. The van der Waals surface area contributed by atoms with Crippen molar-refractivity contribution in [3.63, 3.8) is 0 Å². The number of rotatable bonds is 6. The molecule has 1 fully saturated rings. The fraction of sp³-hybridized carbons (Fsp3) is 0.188. The summed E-state index contributed by atoms with van der Waals surface area (Å²) in [5.74, 6) is 0.528. The highest BCUT2D eigenvalue weighted by atomic mass is 15.1. The fourth-order valence-corrected chi connectivity index (χ4v) is 5.66. The molecule has 6 aromatic rings. The Labute approximate surface area is 226 Å². The van der Waals surface area contributed by atoms with Gasteiger partial charge in [-0.05, 0) is 61.2 Å². The molecule has 0 aliphatic heterocycles. The van der Waals surface area contributed by atoms with Crippen molar-refractivity contribution < 1.29 is 0 Å². The van der Waals surface area contributed by atoms with Crippen LogP contribution in [-0.2, 0) is 0 Å². The van der Waals surface area contributed by atoms with E-state index in [1.807, 2.05) is 55.0 Å². The molecule has 7 nitrogen and oxygen atoms in total. The van der Waals surface area contributed by atoms with Crippen molar-refractivity contribution >= 4 is 27.6 Å². The lowest BCUT2D eigenvalue weighted by Gasteiger charge is -2.24. The smallest absolute Gasteiger partial charge is 0.135 e. The van der Waals surface area contributed by atoms with Crippen molar-refractivity contribution in [2.45, 2.75) is 32.1 Å². The highest BCUT2D eigenvalue weighted by molar-refractivity contribution is 6.00. The van der Waals surface area contributed by atoms with Gasteiger partial charge >= 0.3 is 0 Å². The van der Waals surface area contributed by atoms with Gasteiger partial charge in [-0.15, -0.1) is 0 Å². The number of pyridine rings is 3. The summed E-state index contributed by atoms with van der Waals surface area (Å²) in [5.41, 5.74) is 10.2. The van der Waals surface area contributed by atoms with E-state index in [4.69, 9.17) is 4.98 Å². The average Bonchev–Trinajstić information content (AvgIpc) is 3.62. The second kappa shape index (κ2) is 9.83. The number of H-pyrrole nitrogens is 2. The summed E-state index contributed by atoms with van der Waals surface area (Å²) in [6.07, 6.45) is 11.8. The summed E-state index contributed by atoms with van der Waals surface area (Å²) in [4.78, 5) is 17.6. The Morgan fingerprint density at radius 3 is 2.69 bits per heavy atom. The molecule has 1 aromatic carbocycles. The predicted octanol–water partition coefficient (Wildman–Crippen LogP) is 7.74.